The lowest BCUT2D eigenvalue weighted by Crippen LogP contribution is -2.01. The topological polar surface area (TPSA) is 73.1 Å². The molecular formula is C26H14N2O3. The van der Waals surface area contributed by atoms with Crippen molar-refractivity contribution in [3.63, 3.8) is 0 Å². The van der Waals surface area contributed by atoms with E-state index in [4.69, 9.17) is 4.98 Å². The average molecular weight is 402 g/mol. The second-order valence-electron chi connectivity index (χ2n) is 7.58. The Balaban J connectivity index is 1.82. The van der Waals surface area contributed by atoms with Crippen molar-refractivity contribution in [1.29, 1.82) is 0 Å². The summed E-state index contributed by atoms with van der Waals surface area (Å²) in [4.78, 5) is 29.4. The predicted molar refractivity (Wildman–Crippen MR) is 120 cm³/mol. The van der Waals surface area contributed by atoms with Crippen LogP contribution in [0, 0.1) is 10.1 Å². The van der Waals surface area contributed by atoms with E-state index in [0.29, 0.717) is 27.9 Å². The molecule has 1 aromatic heterocycles. The summed E-state index contributed by atoms with van der Waals surface area (Å²) < 4.78 is 0. The number of carbonyl (C=O) groups is 1. The van der Waals surface area contributed by atoms with Crippen LogP contribution in [-0.4, -0.2) is 15.7 Å². The van der Waals surface area contributed by atoms with E-state index < -0.39 is 4.92 Å². The standard InChI is InChI=1S/C26H14N2O3/c29-26-20-11-4-3-10-19(20)25-23(26)22(16-7-5-8-17(14-16)28(30)31)21-13-12-15-6-1-2-9-18(15)24(21)27-25/h1-14H. The van der Waals surface area contributed by atoms with Gasteiger partial charge in [-0.1, -0.05) is 72.8 Å². The quantitative estimate of drug-likeness (QED) is 0.197. The Morgan fingerprint density at radius 2 is 1.52 bits per heavy atom. The summed E-state index contributed by atoms with van der Waals surface area (Å²) in [6.45, 7) is 0. The van der Waals surface area contributed by atoms with Gasteiger partial charge in [0.15, 0.2) is 5.78 Å². The number of nitro benzene ring substituents is 1. The lowest BCUT2D eigenvalue weighted by atomic mass is 9.92. The van der Waals surface area contributed by atoms with Crippen LogP contribution in [0.2, 0.25) is 0 Å². The lowest BCUT2D eigenvalue weighted by molar-refractivity contribution is -0.384. The second-order valence-corrected chi connectivity index (χ2v) is 7.58. The zero-order chi connectivity index (χ0) is 21.1. The first-order chi connectivity index (χ1) is 15.1. The highest BCUT2D eigenvalue weighted by Crippen LogP contribution is 2.45. The number of hydrogen-bond donors (Lipinski definition) is 0. The molecule has 5 nitrogen and oxygen atoms in total. The van der Waals surface area contributed by atoms with Crippen molar-refractivity contribution in [1.82, 2.24) is 4.98 Å². The molecule has 0 unspecified atom stereocenters. The fraction of sp³-hybridized carbons (Fsp3) is 0. The third-order valence-corrected chi connectivity index (χ3v) is 5.88. The summed E-state index contributed by atoms with van der Waals surface area (Å²) in [5, 5.41) is 14.3. The van der Waals surface area contributed by atoms with Gasteiger partial charge in [-0.15, -0.1) is 0 Å². The molecule has 0 spiro atoms. The highest BCUT2D eigenvalue weighted by molar-refractivity contribution is 6.28. The zero-order valence-electron chi connectivity index (χ0n) is 16.2. The van der Waals surface area contributed by atoms with Crippen LogP contribution in [0.15, 0.2) is 84.9 Å². The number of non-ortho nitro benzene ring substituents is 1. The molecule has 0 N–H and O–H groups in total. The van der Waals surface area contributed by atoms with E-state index in [1.54, 1.807) is 12.1 Å². The fourth-order valence-electron chi connectivity index (χ4n) is 4.51. The van der Waals surface area contributed by atoms with E-state index in [2.05, 4.69) is 0 Å². The molecule has 0 fully saturated rings. The Hall–Kier alpha value is -4.38. The number of benzene rings is 4. The number of fused-ring (bicyclic) bond motifs is 6. The molecule has 0 radical (unpaired) electrons. The molecule has 31 heavy (non-hydrogen) atoms. The predicted octanol–water partition coefficient (Wildman–Crippen LogP) is 6.17. The second kappa shape index (κ2) is 6.31. The van der Waals surface area contributed by atoms with Crippen LogP contribution in [0.4, 0.5) is 5.69 Å². The number of hydrogen-bond acceptors (Lipinski definition) is 4. The van der Waals surface area contributed by atoms with Gasteiger partial charge in [0, 0.05) is 39.6 Å². The van der Waals surface area contributed by atoms with Crippen LogP contribution in [0.5, 0.6) is 0 Å². The number of nitrogens with zero attached hydrogens (tertiary/aromatic N) is 2. The van der Waals surface area contributed by atoms with Crippen molar-refractivity contribution in [2.45, 2.75) is 0 Å². The zero-order valence-corrected chi connectivity index (χ0v) is 16.2. The van der Waals surface area contributed by atoms with Gasteiger partial charge in [0.25, 0.3) is 5.69 Å². The van der Waals surface area contributed by atoms with Crippen LogP contribution in [-0.2, 0) is 0 Å². The molecule has 0 amide bonds. The molecule has 5 heteroatoms. The van der Waals surface area contributed by atoms with Gasteiger partial charge >= 0.3 is 0 Å². The van der Waals surface area contributed by atoms with Gasteiger partial charge in [0.1, 0.15) is 0 Å². The van der Waals surface area contributed by atoms with E-state index in [9.17, 15) is 14.9 Å². The van der Waals surface area contributed by atoms with E-state index in [0.717, 1.165) is 27.2 Å². The van der Waals surface area contributed by atoms with Crippen LogP contribution in [0.3, 0.4) is 0 Å². The van der Waals surface area contributed by atoms with Crippen molar-refractivity contribution < 1.29 is 9.72 Å². The Morgan fingerprint density at radius 1 is 0.742 bits per heavy atom. The maximum atomic E-state index is 13.4. The number of nitro groups is 1. The molecule has 0 saturated carbocycles. The Morgan fingerprint density at radius 3 is 2.35 bits per heavy atom. The average Bonchev–Trinajstić information content (AvgIpc) is 3.09. The summed E-state index contributed by atoms with van der Waals surface area (Å²) in [6, 6.07) is 25.8. The van der Waals surface area contributed by atoms with Crippen LogP contribution < -0.4 is 0 Å². The molecule has 1 heterocycles. The molecule has 6 rings (SSSR count). The van der Waals surface area contributed by atoms with Crippen molar-refractivity contribution in [2.24, 2.45) is 0 Å². The molecule has 0 atom stereocenters. The molecular weight excluding hydrogens is 388 g/mol. The van der Waals surface area contributed by atoms with Crippen molar-refractivity contribution in [3.8, 4) is 22.4 Å². The summed E-state index contributed by atoms with van der Waals surface area (Å²) in [5.74, 6) is -0.102. The Labute approximate surface area is 176 Å². The first-order valence-electron chi connectivity index (χ1n) is 9.88. The van der Waals surface area contributed by atoms with Crippen LogP contribution in [0.1, 0.15) is 15.9 Å². The number of rotatable bonds is 2. The van der Waals surface area contributed by atoms with Gasteiger partial charge in [-0.2, -0.15) is 0 Å². The van der Waals surface area contributed by atoms with Crippen LogP contribution in [0.25, 0.3) is 44.1 Å². The van der Waals surface area contributed by atoms with Crippen molar-refractivity contribution in [2.75, 3.05) is 0 Å². The van der Waals surface area contributed by atoms with Crippen molar-refractivity contribution >= 4 is 33.1 Å². The first-order valence-corrected chi connectivity index (χ1v) is 9.88. The maximum absolute atomic E-state index is 13.4. The SMILES string of the molecule is O=C1c2ccccc2-c2nc3c(ccc4ccccc43)c(-c3cccc([N+](=O)[O-])c3)c21. The van der Waals surface area contributed by atoms with E-state index in [-0.39, 0.29) is 11.5 Å². The van der Waals surface area contributed by atoms with E-state index in [1.165, 1.54) is 12.1 Å². The minimum atomic E-state index is -0.418. The van der Waals surface area contributed by atoms with Gasteiger partial charge in [0.05, 0.1) is 21.7 Å². The number of pyridine rings is 1. The van der Waals surface area contributed by atoms with Gasteiger partial charge < -0.3 is 0 Å². The van der Waals surface area contributed by atoms with E-state index >= 15 is 0 Å². The minimum absolute atomic E-state index is 0.0139. The summed E-state index contributed by atoms with van der Waals surface area (Å²) in [6.07, 6.45) is 0. The number of carbonyl (C=O) groups excluding carboxylic acids is 1. The summed E-state index contributed by atoms with van der Waals surface area (Å²) in [7, 11) is 0. The highest BCUT2D eigenvalue weighted by atomic mass is 16.6. The molecule has 0 bridgehead atoms. The van der Waals surface area contributed by atoms with Gasteiger partial charge in [-0.05, 0) is 10.9 Å². The smallest absolute Gasteiger partial charge is 0.270 e. The summed E-state index contributed by atoms with van der Waals surface area (Å²) >= 11 is 0. The maximum Gasteiger partial charge on any atom is 0.270 e. The van der Waals surface area contributed by atoms with Crippen LogP contribution >= 0.6 is 0 Å². The third kappa shape index (κ3) is 2.43. The molecule has 1 aliphatic rings. The highest BCUT2D eigenvalue weighted by Gasteiger charge is 2.32. The fourth-order valence-corrected chi connectivity index (χ4v) is 4.51. The minimum Gasteiger partial charge on any atom is -0.288 e. The number of aromatic nitrogens is 1. The molecule has 0 saturated heterocycles. The normalized spacial score (nSPS) is 12.2. The molecule has 4 aromatic carbocycles. The van der Waals surface area contributed by atoms with Crippen molar-refractivity contribution in [3.05, 3.63) is 106 Å². The molecule has 146 valence electrons. The Bertz CT molecular complexity index is 1590. The molecule has 5 aromatic rings. The van der Waals surface area contributed by atoms with Gasteiger partial charge in [0.2, 0.25) is 0 Å². The lowest BCUT2D eigenvalue weighted by Gasteiger charge is -2.14. The monoisotopic (exact) mass is 402 g/mol. The van der Waals surface area contributed by atoms with E-state index in [1.807, 2.05) is 60.7 Å². The Kier molecular flexibility index (Phi) is 3.56. The van der Waals surface area contributed by atoms with Gasteiger partial charge in [-0.25, -0.2) is 4.98 Å². The largest absolute Gasteiger partial charge is 0.288 e. The van der Waals surface area contributed by atoms with Gasteiger partial charge in [-0.3, -0.25) is 14.9 Å². The summed E-state index contributed by atoms with van der Waals surface area (Å²) in [5.41, 5.74) is 4.63. The molecule has 0 aliphatic heterocycles. The number of ketones is 1. The third-order valence-electron chi connectivity index (χ3n) is 5.88. The molecule has 1 aliphatic carbocycles. The first kappa shape index (κ1) is 17.5.